The summed E-state index contributed by atoms with van der Waals surface area (Å²) < 4.78 is 0. The molecular formula is C14H10Cl2OS. The van der Waals surface area contributed by atoms with Crippen LogP contribution in [-0.4, -0.2) is 5.12 Å². The maximum absolute atomic E-state index is 12.0. The van der Waals surface area contributed by atoms with Crippen molar-refractivity contribution in [1.82, 2.24) is 0 Å². The summed E-state index contributed by atoms with van der Waals surface area (Å²) in [6.45, 7) is 2.01. The van der Waals surface area contributed by atoms with E-state index < -0.39 is 0 Å². The fourth-order valence-corrected chi connectivity index (χ4v) is 2.42. The zero-order valence-corrected chi connectivity index (χ0v) is 11.9. The van der Waals surface area contributed by atoms with E-state index in [1.54, 1.807) is 18.2 Å². The van der Waals surface area contributed by atoms with E-state index in [1.807, 2.05) is 31.2 Å². The lowest BCUT2D eigenvalue weighted by Crippen LogP contribution is -1.93. The zero-order chi connectivity index (χ0) is 13.1. The molecule has 2 aromatic rings. The summed E-state index contributed by atoms with van der Waals surface area (Å²) in [6.07, 6.45) is 0. The fraction of sp³-hybridized carbons (Fsp3) is 0.0714. The number of carbonyl (C=O) groups is 1. The van der Waals surface area contributed by atoms with Gasteiger partial charge in [0.05, 0.1) is 10.0 Å². The molecule has 1 nitrogen and oxygen atoms in total. The fourth-order valence-electron chi connectivity index (χ4n) is 1.40. The average Bonchev–Trinajstić information content (AvgIpc) is 2.35. The van der Waals surface area contributed by atoms with E-state index in [0.717, 1.165) is 4.90 Å². The smallest absolute Gasteiger partial charge is 0.224 e. The maximum Gasteiger partial charge on any atom is 0.224 e. The topological polar surface area (TPSA) is 17.1 Å². The lowest BCUT2D eigenvalue weighted by Gasteiger charge is -2.03. The molecule has 0 heterocycles. The molecule has 18 heavy (non-hydrogen) atoms. The Morgan fingerprint density at radius 1 is 1.00 bits per heavy atom. The second kappa shape index (κ2) is 5.79. The first-order valence-electron chi connectivity index (χ1n) is 5.30. The molecule has 0 fully saturated rings. The van der Waals surface area contributed by atoms with Crippen molar-refractivity contribution >= 4 is 40.1 Å². The summed E-state index contributed by atoms with van der Waals surface area (Å²) in [5.41, 5.74) is 1.72. The summed E-state index contributed by atoms with van der Waals surface area (Å²) >= 11 is 12.9. The molecule has 0 spiro atoms. The van der Waals surface area contributed by atoms with Crippen LogP contribution in [0.5, 0.6) is 0 Å². The van der Waals surface area contributed by atoms with E-state index in [1.165, 1.54) is 17.3 Å². The first-order valence-corrected chi connectivity index (χ1v) is 6.87. The number of benzene rings is 2. The molecule has 0 saturated carbocycles. The molecule has 2 rings (SSSR count). The van der Waals surface area contributed by atoms with E-state index in [-0.39, 0.29) is 5.12 Å². The van der Waals surface area contributed by atoms with Gasteiger partial charge < -0.3 is 0 Å². The van der Waals surface area contributed by atoms with Crippen LogP contribution in [0.2, 0.25) is 10.0 Å². The summed E-state index contributed by atoms with van der Waals surface area (Å²) in [7, 11) is 0. The van der Waals surface area contributed by atoms with Gasteiger partial charge in [0.25, 0.3) is 0 Å². The van der Waals surface area contributed by atoms with Gasteiger partial charge in [-0.3, -0.25) is 4.79 Å². The van der Waals surface area contributed by atoms with Crippen LogP contribution < -0.4 is 0 Å². The van der Waals surface area contributed by atoms with E-state index >= 15 is 0 Å². The molecule has 0 N–H and O–H groups in total. The molecule has 0 aliphatic heterocycles. The first-order chi connectivity index (χ1) is 8.56. The molecular weight excluding hydrogens is 287 g/mol. The highest BCUT2D eigenvalue weighted by atomic mass is 35.5. The lowest BCUT2D eigenvalue weighted by molar-refractivity contribution is 0.108. The van der Waals surface area contributed by atoms with Gasteiger partial charge in [0.2, 0.25) is 5.12 Å². The largest absolute Gasteiger partial charge is 0.281 e. The van der Waals surface area contributed by atoms with E-state index in [4.69, 9.17) is 23.2 Å². The molecule has 2 aromatic carbocycles. The number of halogens is 2. The Morgan fingerprint density at radius 3 is 2.28 bits per heavy atom. The standard InChI is InChI=1S/C14H10Cl2OS/c1-9-2-5-11(6-3-9)18-14(17)10-4-7-12(15)13(16)8-10/h2-8H,1H3. The highest BCUT2D eigenvalue weighted by molar-refractivity contribution is 8.14. The third-order valence-corrected chi connectivity index (χ3v) is 4.05. The van der Waals surface area contributed by atoms with Crippen molar-refractivity contribution in [2.24, 2.45) is 0 Å². The molecule has 0 aliphatic carbocycles. The van der Waals surface area contributed by atoms with Gasteiger partial charge in [0, 0.05) is 10.5 Å². The summed E-state index contributed by atoms with van der Waals surface area (Å²) in [5.74, 6) is 0. The molecule has 0 bridgehead atoms. The van der Waals surface area contributed by atoms with Crippen LogP contribution in [0, 0.1) is 6.92 Å². The Kier molecular flexibility index (Phi) is 4.33. The minimum absolute atomic E-state index is 0.0441. The average molecular weight is 297 g/mol. The van der Waals surface area contributed by atoms with Gasteiger partial charge in [0.1, 0.15) is 0 Å². The van der Waals surface area contributed by atoms with Crippen LogP contribution in [0.15, 0.2) is 47.4 Å². The summed E-state index contributed by atoms with van der Waals surface area (Å²) in [4.78, 5) is 12.9. The number of aryl methyl sites for hydroxylation is 1. The van der Waals surface area contributed by atoms with Crippen molar-refractivity contribution in [3.05, 3.63) is 63.6 Å². The quantitative estimate of drug-likeness (QED) is 0.706. The Bertz CT molecular complexity index is 579. The van der Waals surface area contributed by atoms with Crippen LogP contribution in [0.4, 0.5) is 0 Å². The number of hydrogen-bond acceptors (Lipinski definition) is 2. The van der Waals surface area contributed by atoms with Gasteiger partial charge in [-0.05, 0) is 49.0 Å². The van der Waals surface area contributed by atoms with Gasteiger partial charge in [-0.25, -0.2) is 0 Å². The minimum Gasteiger partial charge on any atom is -0.281 e. The number of hydrogen-bond donors (Lipinski definition) is 0. The highest BCUT2D eigenvalue weighted by Gasteiger charge is 2.09. The molecule has 0 amide bonds. The molecule has 0 atom stereocenters. The molecule has 0 aromatic heterocycles. The monoisotopic (exact) mass is 296 g/mol. The Balaban J connectivity index is 2.16. The Hall–Kier alpha value is -0.960. The Morgan fingerprint density at radius 2 is 1.67 bits per heavy atom. The molecule has 4 heteroatoms. The van der Waals surface area contributed by atoms with Crippen molar-refractivity contribution in [3.63, 3.8) is 0 Å². The van der Waals surface area contributed by atoms with E-state index in [0.29, 0.717) is 15.6 Å². The van der Waals surface area contributed by atoms with Crippen molar-refractivity contribution in [2.75, 3.05) is 0 Å². The van der Waals surface area contributed by atoms with Gasteiger partial charge in [-0.1, -0.05) is 40.9 Å². The Labute approximate surface area is 120 Å². The second-order valence-electron chi connectivity index (χ2n) is 3.83. The van der Waals surface area contributed by atoms with Crippen molar-refractivity contribution in [2.45, 2.75) is 11.8 Å². The number of carbonyl (C=O) groups excluding carboxylic acids is 1. The van der Waals surface area contributed by atoms with Crippen LogP contribution in [0.1, 0.15) is 15.9 Å². The highest BCUT2D eigenvalue weighted by Crippen LogP contribution is 2.27. The normalized spacial score (nSPS) is 10.4. The van der Waals surface area contributed by atoms with Crippen molar-refractivity contribution in [3.8, 4) is 0 Å². The van der Waals surface area contributed by atoms with E-state index in [2.05, 4.69) is 0 Å². The molecule has 0 radical (unpaired) electrons. The van der Waals surface area contributed by atoms with E-state index in [9.17, 15) is 4.79 Å². The van der Waals surface area contributed by atoms with Crippen LogP contribution >= 0.6 is 35.0 Å². The van der Waals surface area contributed by atoms with Crippen molar-refractivity contribution in [1.29, 1.82) is 0 Å². The lowest BCUT2D eigenvalue weighted by atomic mass is 10.2. The predicted molar refractivity (Wildman–Crippen MR) is 77.8 cm³/mol. The third kappa shape index (κ3) is 3.29. The van der Waals surface area contributed by atoms with Crippen LogP contribution in [0.3, 0.4) is 0 Å². The summed E-state index contributed by atoms with van der Waals surface area (Å²) in [6, 6.07) is 12.7. The SMILES string of the molecule is Cc1ccc(SC(=O)c2ccc(Cl)c(Cl)c2)cc1. The first kappa shape index (κ1) is 13.5. The molecule has 0 unspecified atom stereocenters. The van der Waals surface area contributed by atoms with Gasteiger partial charge in [-0.15, -0.1) is 0 Å². The minimum atomic E-state index is -0.0441. The summed E-state index contributed by atoms with van der Waals surface area (Å²) in [5, 5.41) is 0.804. The van der Waals surface area contributed by atoms with Gasteiger partial charge in [-0.2, -0.15) is 0 Å². The third-order valence-electron chi connectivity index (χ3n) is 2.39. The molecule has 0 aliphatic rings. The van der Waals surface area contributed by atoms with Gasteiger partial charge >= 0.3 is 0 Å². The zero-order valence-electron chi connectivity index (χ0n) is 9.61. The van der Waals surface area contributed by atoms with Crippen LogP contribution in [-0.2, 0) is 0 Å². The second-order valence-corrected chi connectivity index (χ2v) is 5.69. The number of thioether (sulfide) groups is 1. The maximum atomic E-state index is 12.0. The molecule has 92 valence electrons. The molecule has 0 saturated heterocycles. The number of rotatable bonds is 2. The van der Waals surface area contributed by atoms with Crippen LogP contribution in [0.25, 0.3) is 0 Å². The van der Waals surface area contributed by atoms with Gasteiger partial charge in [0.15, 0.2) is 0 Å². The predicted octanol–water partition coefficient (Wildman–Crippen LogP) is 5.23. The van der Waals surface area contributed by atoms with Crippen molar-refractivity contribution < 1.29 is 4.79 Å².